The van der Waals surface area contributed by atoms with Crippen LogP contribution in [0.25, 0.3) is 0 Å². The quantitative estimate of drug-likeness (QED) is 0.0940. The lowest BCUT2D eigenvalue weighted by Gasteiger charge is -2.24. The van der Waals surface area contributed by atoms with Crippen LogP contribution in [0.4, 0.5) is 0 Å². The molecule has 0 unspecified atom stereocenters. The summed E-state index contributed by atoms with van der Waals surface area (Å²) in [6, 6.07) is 22.9. The number of aryl methyl sites for hydroxylation is 2. The van der Waals surface area contributed by atoms with Crippen molar-refractivity contribution < 1.29 is 33.3 Å². The van der Waals surface area contributed by atoms with E-state index >= 15 is 0 Å². The number of carbonyl (C=O) groups excluding carboxylic acids is 3. The van der Waals surface area contributed by atoms with Gasteiger partial charge in [-0.05, 0) is 74.6 Å². The molecule has 0 aliphatic heterocycles. The van der Waals surface area contributed by atoms with E-state index in [9.17, 15) is 14.4 Å². The third-order valence-electron chi connectivity index (χ3n) is 8.82. The maximum Gasteiger partial charge on any atom is 0.292 e. The highest BCUT2D eigenvalue weighted by Gasteiger charge is 2.41. The van der Waals surface area contributed by atoms with E-state index in [1.54, 1.807) is 6.08 Å². The van der Waals surface area contributed by atoms with E-state index in [2.05, 4.69) is 41.5 Å². The van der Waals surface area contributed by atoms with Gasteiger partial charge in [-0.3, -0.25) is 14.4 Å². The Bertz CT molecular complexity index is 1420. The first kappa shape index (κ1) is 36.2. The maximum atomic E-state index is 13.9. The third kappa shape index (κ3) is 10.2. The second-order valence-corrected chi connectivity index (χ2v) is 12.1. The van der Waals surface area contributed by atoms with E-state index in [1.807, 2.05) is 36.4 Å². The van der Waals surface area contributed by atoms with Gasteiger partial charge in [0, 0.05) is 17.6 Å². The Morgan fingerprint density at radius 2 is 1.40 bits per heavy atom. The minimum atomic E-state index is -0.821. The minimum absolute atomic E-state index is 0.0321. The molecule has 1 aliphatic carbocycles. The van der Waals surface area contributed by atoms with Crippen LogP contribution >= 0.6 is 0 Å². The van der Waals surface area contributed by atoms with Gasteiger partial charge >= 0.3 is 0 Å². The summed E-state index contributed by atoms with van der Waals surface area (Å²) in [6.07, 6.45) is 7.57. The number of hydrogen-bond donors (Lipinski definition) is 2. The van der Waals surface area contributed by atoms with E-state index in [-0.39, 0.29) is 35.1 Å². The smallest absolute Gasteiger partial charge is 0.292 e. The van der Waals surface area contributed by atoms with Gasteiger partial charge in [0.2, 0.25) is 17.4 Å². The molecule has 0 radical (unpaired) electrons. The zero-order chi connectivity index (χ0) is 34.3. The molecule has 0 aromatic heterocycles. The van der Waals surface area contributed by atoms with Crippen LogP contribution in [0.1, 0.15) is 60.0 Å². The molecule has 2 amide bonds. The lowest BCUT2D eigenvalue weighted by molar-refractivity contribution is -0.127. The standard InChI is InChI=1S/C39H48N2O7/c1-5-22-48-31-25-32(33(26-31)41-39(44)36(42)29-23-34(45-2)37(47-4)35(24-29)46-3)38(43)40-30(20-12-18-27-14-8-6-9-15-27)21-13-19-28-16-10-7-11-17-28/h5-11,14-17,23-24,30-33H,1,12-13,18-22,25-26H2,2-4H3,(H,40,43)(H,41,44)/t31-,32+,33+/m0/s1. The van der Waals surface area contributed by atoms with E-state index in [0.29, 0.717) is 25.2 Å². The molecule has 256 valence electrons. The average Bonchev–Trinajstić information content (AvgIpc) is 3.52. The van der Waals surface area contributed by atoms with Crippen LogP contribution < -0.4 is 24.8 Å². The van der Waals surface area contributed by atoms with Crippen molar-refractivity contribution in [2.45, 2.75) is 69.6 Å². The predicted octanol–water partition coefficient (Wildman–Crippen LogP) is 5.89. The van der Waals surface area contributed by atoms with Gasteiger partial charge in [-0.2, -0.15) is 0 Å². The second kappa shape index (κ2) is 18.6. The molecule has 4 rings (SSSR count). The van der Waals surface area contributed by atoms with Crippen molar-refractivity contribution in [3.63, 3.8) is 0 Å². The van der Waals surface area contributed by atoms with Gasteiger partial charge in [-0.25, -0.2) is 0 Å². The van der Waals surface area contributed by atoms with Crippen LogP contribution in [0.5, 0.6) is 17.2 Å². The summed E-state index contributed by atoms with van der Waals surface area (Å²) in [5, 5.41) is 6.17. The number of nitrogens with one attached hydrogen (secondary N) is 2. The van der Waals surface area contributed by atoms with Crippen LogP contribution in [0.15, 0.2) is 85.5 Å². The van der Waals surface area contributed by atoms with Gasteiger partial charge in [-0.15, -0.1) is 6.58 Å². The van der Waals surface area contributed by atoms with Crippen LogP contribution in [0, 0.1) is 5.92 Å². The normalized spacial score (nSPS) is 17.0. The Morgan fingerprint density at radius 3 is 1.90 bits per heavy atom. The molecular weight excluding hydrogens is 608 g/mol. The number of benzene rings is 3. The molecule has 3 aromatic carbocycles. The zero-order valence-electron chi connectivity index (χ0n) is 28.2. The van der Waals surface area contributed by atoms with Crippen LogP contribution in [0.3, 0.4) is 0 Å². The topological polar surface area (TPSA) is 112 Å². The average molecular weight is 657 g/mol. The molecule has 2 N–H and O–H groups in total. The third-order valence-corrected chi connectivity index (χ3v) is 8.82. The predicted molar refractivity (Wildman–Crippen MR) is 186 cm³/mol. The fraction of sp³-hybridized carbons (Fsp3) is 0.410. The van der Waals surface area contributed by atoms with Gasteiger partial charge < -0.3 is 29.6 Å². The van der Waals surface area contributed by atoms with Crippen LogP contribution in [-0.4, -0.2) is 63.7 Å². The Hall–Kier alpha value is -4.63. The number of carbonyl (C=O) groups is 3. The number of ketones is 1. The molecule has 0 heterocycles. The monoisotopic (exact) mass is 656 g/mol. The first-order valence-electron chi connectivity index (χ1n) is 16.6. The van der Waals surface area contributed by atoms with E-state index in [4.69, 9.17) is 18.9 Å². The van der Waals surface area contributed by atoms with Gasteiger partial charge in [0.05, 0.1) is 40.0 Å². The molecule has 9 nitrogen and oxygen atoms in total. The zero-order valence-corrected chi connectivity index (χ0v) is 28.2. The fourth-order valence-electron chi connectivity index (χ4n) is 6.35. The van der Waals surface area contributed by atoms with Gasteiger partial charge in [-0.1, -0.05) is 66.7 Å². The van der Waals surface area contributed by atoms with E-state index < -0.39 is 23.7 Å². The van der Waals surface area contributed by atoms with Crippen molar-refractivity contribution in [2.75, 3.05) is 27.9 Å². The van der Waals surface area contributed by atoms with E-state index in [0.717, 1.165) is 38.5 Å². The molecule has 3 atom stereocenters. The highest BCUT2D eigenvalue weighted by Crippen LogP contribution is 2.38. The number of rotatable bonds is 19. The SMILES string of the molecule is C=CCO[C@@H]1C[C@@H](NC(=O)C(=O)c2cc(OC)c(OC)c(OC)c2)[C@H](C(=O)NC(CCCc2ccccc2)CCCc2ccccc2)C1. The Balaban J connectivity index is 1.46. The summed E-state index contributed by atoms with van der Waals surface area (Å²) in [5.41, 5.74) is 2.62. The van der Waals surface area contributed by atoms with Crippen molar-refractivity contribution in [1.82, 2.24) is 10.6 Å². The lowest BCUT2D eigenvalue weighted by atomic mass is 9.97. The largest absolute Gasteiger partial charge is 0.493 e. The molecule has 0 spiro atoms. The Morgan fingerprint density at radius 1 is 0.833 bits per heavy atom. The van der Waals surface area contributed by atoms with Crippen molar-refractivity contribution in [3.8, 4) is 17.2 Å². The highest BCUT2D eigenvalue weighted by molar-refractivity contribution is 6.43. The van der Waals surface area contributed by atoms with Crippen molar-refractivity contribution in [1.29, 1.82) is 0 Å². The maximum absolute atomic E-state index is 13.9. The van der Waals surface area contributed by atoms with Gasteiger partial charge in [0.1, 0.15) is 0 Å². The van der Waals surface area contributed by atoms with Crippen LogP contribution in [-0.2, 0) is 27.2 Å². The summed E-state index contributed by atoms with van der Waals surface area (Å²) in [6.45, 7) is 4.06. The molecule has 9 heteroatoms. The van der Waals surface area contributed by atoms with Crippen LogP contribution in [0.2, 0.25) is 0 Å². The summed E-state index contributed by atoms with van der Waals surface area (Å²) in [7, 11) is 4.34. The number of ether oxygens (including phenoxy) is 4. The summed E-state index contributed by atoms with van der Waals surface area (Å²) in [4.78, 5) is 40.6. The molecular formula is C39H48N2O7. The molecule has 1 saturated carbocycles. The second-order valence-electron chi connectivity index (χ2n) is 12.1. The number of hydrogen-bond acceptors (Lipinski definition) is 7. The molecule has 3 aromatic rings. The van der Waals surface area contributed by atoms with Gasteiger partial charge in [0.25, 0.3) is 5.91 Å². The fourth-order valence-corrected chi connectivity index (χ4v) is 6.35. The van der Waals surface area contributed by atoms with Crippen molar-refractivity contribution in [2.24, 2.45) is 5.92 Å². The molecule has 48 heavy (non-hydrogen) atoms. The first-order chi connectivity index (χ1) is 23.4. The van der Waals surface area contributed by atoms with Crippen molar-refractivity contribution >= 4 is 17.6 Å². The van der Waals surface area contributed by atoms with Crippen molar-refractivity contribution in [3.05, 3.63) is 102 Å². The summed E-state index contributed by atoms with van der Waals surface area (Å²) < 4.78 is 22.0. The Labute approximate surface area is 284 Å². The summed E-state index contributed by atoms with van der Waals surface area (Å²) in [5.74, 6) is -1.47. The summed E-state index contributed by atoms with van der Waals surface area (Å²) >= 11 is 0. The lowest BCUT2D eigenvalue weighted by Crippen LogP contribution is -2.48. The number of methoxy groups -OCH3 is 3. The molecule has 0 saturated heterocycles. The molecule has 1 aliphatic rings. The minimum Gasteiger partial charge on any atom is -0.493 e. The number of amides is 2. The first-order valence-corrected chi connectivity index (χ1v) is 16.6. The number of Topliss-reactive ketones (excluding diaryl/α,β-unsaturated/α-hetero) is 1. The van der Waals surface area contributed by atoms with Gasteiger partial charge in [0.15, 0.2) is 11.5 Å². The highest BCUT2D eigenvalue weighted by atomic mass is 16.5. The Kier molecular flexibility index (Phi) is 14.1. The van der Waals surface area contributed by atoms with E-state index in [1.165, 1.54) is 44.6 Å². The molecule has 0 bridgehead atoms. The molecule has 1 fully saturated rings.